The van der Waals surface area contributed by atoms with E-state index in [1.54, 1.807) is 18.2 Å². The number of hydrogen-bond acceptors (Lipinski definition) is 2. The molecule has 26 heavy (non-hydrogen) atoms. The zero-order valence-corrected chi connectivity index (χ0v) is 16.2. The zero-order valence-electron chi connectivity index (χ0n) is 15.5. The average Bonchev–Trinajstić information content (AvgIpc) is 2.89. The number of rotatable bonds is 7. The highest BCUT2D eigenvalue weighted by molar-refractivity contribution is 6.33. The molecular formula is C19H24ClF3N2O. The minimum atomic E-state index is -4.22. The number of aryl methyl sites for hydroxylation is 2. The van der Waals surface area contributed by atoms with Gasteiger partial charge >= 0.3 is 6.18 Å². The molecule has 0 unspecified atom stereocenters. The maximum Gasteiger partial charge on any atom is 0.391 e. The van der Waals surface area contributed by atoms with Crippen molar-refractivity contribution in [3.8, 4) is 17.0 Å². The highest BCUT2D eigenvalue weighted by Gasteiger charge is 2.35. The van der Waals surface area contributed by atoms with Crippen LogP contribution >= 0.6 is 11.6 Å². The maximum atomic E-state index is 12.8. The van der Waals surface area contributed by atoms with Crippen molar-refractivity contribution in [1.82, 2.24) is 9.78 Å². The first-order chi connectivity index (χ1) is 12.2. The van der Waals surface area contributed by atoms with E-state index in [0.717, 1.165) is 23.4 Å². The summed E-state index contributed by atoms with van der Waals surface area (Å²) in [6.45, 7) is 5.91. The second kappa shape index (κ2) is 8.33. The lowest BCUT2D eigenvalue weighted by Gasteiger charge is -2.17. The minimum Gasteiger partial charge on any atom is -0.496 e. The largest absolute Gasteiger partial charge is 0.496 e. The normalized spacial score (nSPS) is 13.1. The number of nitrogens with zero attached hydrogens (tertiary/aromatic N) is 2. The van der Waals surface area contributed by atoms with Crippen LogP contribution in [0, 0.1) is 5.92 Å². The molecule has 1 atom stereocenters. The molecule has 0 saturated carbocycles. The van der Waals surface area contributed by atoms with Crippen molar-refractivity contribution in [3.63, 3.8) is 0 Å². The molecule has 1 aromatic heterocycles. The highest BCUT2D eigenvalue weighted by Crippen LogP contribution is 2.38. The summed E-state index contributed by atoms with van der Waals surface area (Å²) in [5.74, 6) is -0.919. The van der Waals surface area contributed by atoms with Gasteiger partial charge in [0.1, 0.15) is 5.75 Å². The average molecular weight is 389 g/mol. The minimum absolute atomic E-state index is 0.0949. The van der Waals surface area contributed by atoms with E-state index < -0.39 is 12.1 Å². The Bertz CT molecular complexity index is 756. The molecule has 1 aromatic carbocycles. The summed E-state index contributed by atoms with van der Waals surface area (Å²) in [7, 11) is 1.50. The van der Waals surface area contributed by atoms with E-state index in [2.05, 4.69) is 5.10 Å². The second-order valence-corrected chi connectivity index (χ2v) is 6.75. The first-order valence-corrected chi connectivity index (χ1v) is 9.09. The van der Waals surface area contributed by atoms with Gasteiger partial charge in [0, 0.05) is 12.1 Å². The summed E-state index contributed by atoms with van der Waals surface area (Å²) in [5, 5.41) is 5.12. The van der Waals surface area contributed by atoms with Crippen molar-refractivity contribution in [2.75, 3.05) is 7.11 Å². The SMILES string of the molecule is CCCn1nc(CC)c(Cl)c1-c1ccc(C[C@@H](C)C(F)(F)F)cc1OC. The number of methoxy groups -OCH3 is 1. The molecule has 0 N–H and O–H groups in total. The zero-order chi connectivity index (χ0) is 19.5. The third-order valence-electron chi connectivity index (χ3n) is 4.35. The van der Waals surface area contributed by atoms with Gasteiger partial charge in [-0.1, -0.05) is 38.4 Å². The van der Waals surface area contributed by atoms with Gasteiger partial charge in [-0.25, -0.2) is 0 Å². The Morgan fingerprint density at radius 2 is 1.96 bits per heavy atom. The van der Waals surface area contributed by atoms with E-state index in [-0.39, 0.29) is 6.42 Å². The molecule has 1 heterocycles. The molecule has 144 valence electrons. The Labute approximate surface area is 157 Å². The fourth-order valence-corrected chi connectivity index (χ4v) is 3.24. The van der Waals surface area contributed by atoms with Gasteiger partial charge in [-0.15, -0.1) is 0 Å². The lowest BCUT2D eigenvalue weighted by atomic mass is 9.98. The number of halogens is 4. The van der Waals surface area contributed by atoms with Crippen LogP contribution in [-0.4, -0.2) is 23.1 Å². The summed E-state index contributed by atoms with van der Waals surface area (Å²) in [6, 6.07) is 5.12. The van der Waals surface area contributed by atoms with E-state index in [1.807, 2.05) is 18.5 Å². The number of benzene rings is 1. The Morgan fingerprint density at radius 3 is 2.50 bits per heavy atom. The van der Waals surface area contributed by atoms with Crippen molar-refractivity contribution in [2.24, 2.45) is 5.92 Å². The molecule has 2 rings (SSSR count). The molecule has 0 amide bonds. The predicted octanol–water partition coefficient (Wildman–Crippen LogP) is 5.93. The molecule has 0 radical (unpaired) electrons. The Morgan fingerprint density at radius 1 is 1.27 bits per heavy atom. The Kier molecular flexibility index (Phi) is 6.61. The maximum absolute atomic E-state index is 12.8. The van der Waals surface area contributed by atoms with Gasteiger partial charge in [-0.3, -0.25) is 4.68 Å². The van der Waals surface area contributed by atoms with Crippen LogP contribution in [0.15, 0.2) is 18.2 Å². The molecule has 0 saturated heterocycles. The van der Waals surface area contributed by atoms with E-state index in [9.17, 15) is 13.2 Å². The third-order valence-corrected chi connectivity index (χ3v) is 4.75. The van der Waals surface area contributed by atoms with E-state index in [0.29, 0.717) is 29.3 Å². The standard InChI is InChI=1S/C19H24ClF3N2O/c1-5-9-25-18(17(20)15(6-2)24-25)14-8-7-13(11-16(14)26-4)10-12(3)19(21,22)23/h7-8,11-12H,5-6,9-10H2,1-4H3/t12-/m1/s1. The van der Waals surface area contributed by atoms with Crippen LogP contribution < -0.4 is 4.74 Å². The Balaban J connectivity index is 2.47. The lowest BCUT2D eigenvalue weighted by Crippen LogP contribution is -2.21. The van der Waals surface area contributed by atoms with Crippen molar-refractivity contribution in [2.45, 2.75) is 52.8 Å². The predicted molar refractivity (Wildman–Crippen MR) is 97.8 cm³/mol. The molecule has 3 nitrogen and oxygen atoms in total. The fraction of sp³-hybridized carbons (Fsp3) is 0.526. The Hall–Kier alpha value is -1.69. The van der Waals surface area contributed by atoms with Crippen molar-refractivity contribution >= 4 is 11.6 Å². The molecule has 2 aromatic rings. The van der Waals surface area contributed by atoms with Crippen LogP contribution in [0.2, 0.25) is 5.02 Å². The van der Waals surface area contributed by atoms with Crippen molar-refractivity contribution < 1.29 is 17.9 Å². The van der Waals surface area contributed by atoms with Gasteiger partial charge in [-0.05, 0) is 37.0 Å². The van der Waals surface area contributed by atoms with Crippen LogP contribution in [0.25, 0.3) is 11.3 Å². The van der Waals surface area contributed by atoms with E-state index in [1.165, 1.54) is 14.0 Å². The molecule has 7 heteroatoms. The second-order valence-electron chi connectivity index (χ2n) is 6.37. The van der Waals surface area contributed by atoms with Crippen LogP contribution in [0.3, 0.4) is 0 Å². The van der Waals surface area contributed by atoms with Crippen LogP contribution in [0.5, 0.6) is 5.75 Å². The summed E-state index contributed by atoms with van der Waals surface area (Å²) >= 11 is 6.53. The quantitative estimate of drug-likeness (QED) is 0.588. The van der Waals surface area contributed by atoms with Gasteiger partial charge in [0.15, 0.2) is 0 Å². The van der Waals surface area contributed by atoms with Gasteiger partial charge in [0.05, 0.1) is 29.4 Å². The number of ether oxygens (including phenoxy) is 1. The highest BCUT2D eigenvalue weighted by atomic mass is 35.5. The molecule has 0 bridgehead atoms. The third kappa shape index (κ3) is 4.34. The molecular weight excluding hydrogens is 365 g/mol. The number of aromatic nitrogens is 2. The van der Waals surface area contributed by atoms with E-state index in [4.69, 9.17) is 16.3 Å². The molecule has 0 aliphatic rings. The number of hydrogen-bond donors (Lipinski definition) is 0. The van der Waals surface area contributed by atoms with Crippen LogP contribution in [0.4, 0.5) is 13.2 Å². The topological polar surface area (TPSA) is 27.1 Å². The lowest BCUT2D eigenvalue weighted by molar-refractivity contribution is -0.169. The van der Waals surface area contributed by atoms with Gasteiger partial charge in [0.25, 0.3) is 0 Å². The van der Waals surface area contributed by atoms with Gasteiger partial charge in [0.2, 0.25) is 0 Å². The van der Waals surface area contributed by atoms with Crippen LogP contribution in [-0.2, 0) is 19.4 Å². The summed E-state index contributed by atoms with van der Waals surface area (Å²) in [4.78, 5) is 0. The molecule has 0 fully saturated rings. The monoisotopic (exact) mass is 388 g/mol. The first-order valence-electron chi connectivity index (χ1n) is 8.72. The summed E-state index contributed by atoms with van der Waals surface area (Å²) in [6.07, 6.45) is -2.73. The smallest absolute Gasteiger partial charge is 0.391 e. The van der Waals surface area contributed by atoms with Crippen molar-refractivity contribution in [1.29, 1.82) is 0 Å². The summed E-state index contributed by atoms with van der Waals surface area (Å²) < 4.78 is 45.8. The number of alkyl halides is 3. The molecule has 0 aliphatic carbocycles. The first kappa shape index (κ1) is 20.6. The molecule has 0 aliphatic heterocycles. The van der Waals surface area contributed by atoms with E-state index >= 15 is 0 Å². The summed E-state index contributed by atoms with van der Waals surface area (Å²) in [5.41, 5.74) is 2.86. The fourth-order valence-electron chi connectivity index (χ4n) is 2.87. The van der Waals surface area contributed by atoms with Gasteiger partial charge in [-0.2, -0.15) is 18.3 Å². The van der Waals surface area contributed by atoms with Gasteiger partial charge < -0.3 is 4.74 Å². The van der Waals surface area contributed by atoms with Crippen LogP contribution in [0.1, 0.15) is 38.4 Å². The molecule has 0 spiro atoms. The van der Waals surface area contributed by atoms with Crippen molar-refractivity contribution in [3.05, 3.63) is 34.5 Å².